The van der Waals surface area contributed by atoms with Gasteiger partial charge in [0.2, 0.25) is 0 Å². The van der Waals surface area contributed by atoms with Crippen molar-refractivity contribution in [1.29, 1.82) is 0 Å². The Morgan fingerprint density at radius 2 is 2.09 bits per heavy atom. The molecule has 6 heteroatoms. The molecule has 2 aromatic heterocycles. The van der Waals surface area contributed by atoms with Crippen molar-refractivity contribution in [3.63, 3.8) is 0 Å². The van der Waals surface area contributed by atoms with Crippen LogP contribution >= 0.6 is 0 Å². The Balaban J connectivity index is 2.39. The first-order valence-corrected chi connectivity index (χ1v) is 7.09. The summed E-state index contributed by atoms with van der Waals surface area (Å²) < 4.78 is 0. The third-order valence-corrected chi connectivity index (χ3v) is 3.61. The number of pyridine rings is 1. The Morgan fingerprint density at radius 3 is 2.68 bits per heavy atom. The summed E-state index contributed by atoms with van der Waals surface area (Å²) in [4.78, 5) is 26.1. The minimum Gasteiger partial charge on any atom is -0.481 e. The van der Waals surface area contributed by atoms with E-state index in [9.17, 15) is 4.79 Å². The van der Waals surface area contributed by atoms with Crippen LogP contribution in [0.25, 0.3) is 11.4 Å². The van der Waals surface area contributed by atoms with Gasteiger partial charge in [-0.2, -0.15) is 0 Å². The molecule has 1 N–H and O–H groups in total. The van der Waals surface area contributed by atoms with Gasteiger partial charge < -0.3 is 10.0 Å². The maximum atomic E-state index is 11.0. The lowest BCUT2D eigenvalue weighted by Gasteiger charge is -2.23. The van der Waals surface area contributed by atoms with Gasteiger partial charge in [0.25, 0.3) is 0 Å². The van der Waals surface area contributed by atoms with Crippen LogP contribution in [0.1, 0.15) is 18.2 Å². The number of carboxylic acids is 1. The predicted molar refractivity (Wildman–Crippen MR) is 84.8 cm³/mol. The third kappa shape index (κ3) is 3.39. The van der Waals surface area contributed by atoms with Crippen LogP contribution < -0.4 is 4.90 Å². The topological polar surface area (TPSA) is 79.2 Å². The van der Waals surface area contributed by atoms with Gasteiger partial charge in [0.05, 0.1) is 5.92 Å². The molecule has 0 spiro atoms. The minimum absolute atomic E-state index is 0.388. The van der Waals surface area contributed by atoms with E-state index in [0.29, 0.717) is 12.4 Å². The second kappa shape index (κ2) is 6.51. The van der Waals surface area contributed by atoms with E-state index in [1.165, 1.54) is 0 Å². The number of aryl methyl sites for hydroxylation is 1. The monoisotopic (exact) mass is 300 g/mol. The maximum Gasteiger partial charge on any atom is 0.308 e. The SMILES string of the molecule is Cc1nc(-c2cccnc2)nc(N(C)CC(C)C(=O)O)c1C. The summed E-state index contributed by atoms with van der Waals surface area (Å²) in [5.41, 5.74) is 2.66. The number of carboxylic acid groups (broad SMARTS) is 1. The van der Waals surface area contributed by atoms with E-state index in [1.54, 1.807) is 19.3 Å². The molecule has 0 aromatic carbocycles. The summed E-state index contributed by atoms with van der Waals surface area (Å²) in [6.45, 7) is 5.94. The molecule has 0 aliphatic heterocycles. The van der Waals surface area contributed by atoms with E-state index in [0.717, 1.165) is 22.6 Å². The summed E-state index contributed by atoms with van der Waals surface area (Å²) in [6.07, 6.45) is 3.42. The van der Waals surface area contributed by atoms with Crippen molar-refractivity contribution >= 4 is 11.8 Å². The van der Waals surface area contributed by atoms with Crippen molar-refractivity contribution in [3.8, 4) is 11.4 Å². The molecule has 2 rings (SSSR count). The summed E-state index contributed by atoms with van der Waals surface area (Å²) in [5.74, 6) is 0.0600. The highest BCUT2D eigenvalue weighted by atomic mass is 16.4. The molecule has 6 nitrogen and oxygen atoms in total. The normalized spacial score (nSPS) is 12.0. The number of anilines is 1. The van der Waals surface area contributed by atoms with E-state index < -0.39 is 11.9 Å². The highest BCUT2D eigenvalue weighted by Gasteiger charge is 2.18. The van der Waals surface area contributed by atoms with Gasteiger partial charge in [-0.3, -0.25) is 9.78 Å². The second-order valence-electron chi connectivity index (χ2n) is 5.44. The first-order chi connectivity index (χ1) is 10.4. The van der Waals surface area contributed by atoms with Gasteiger partial charge in [0, 0.05) is 42.8 Å². The standard InChI is InChI=1S/C16H20N4O2/c1-10(16(21)22)9-20(4)15-11(2)12(3)18-14(19-15)13-6-5-7-17-8-13/h5-8,10H,9H2,1-4H3,(H,21,22). The molecule has 0 saturated carbocycles. The number of aromatic nitrogens is 3. The summed E-state index contributed by atoms with van der Waals surface area (Å²) in [7, 11) is 1.85. The summed E-state index contributed by atoms with van der Waals surface area (Å²) in [5, 5.41) is 9.07. The highest BCUT2D eigenvalue weighted by Crippen LogP contribution is 2.23. The average Bonchev–Trinajstić information content (AvgIpc) is 2.50. The molecule has 0 aliphatic rings. The lowest BCUT2D eigenvalue weighted by Crippen LogP contribution is -2.30. The zero-order valence-corrected chi connectivity index (χ0v) is 13.2. The van der Waals surface area contributed by atoms with Gasteiger partial charge >= 0.3 is 5.97 Å². The minimum atomic E-state index is -0.817. The molecule has 0 fully saturated rings. The quantitative estimate of drug-likeness (QED) is 0.913. The average molecular weight is 300 g/mol. The molecule has 116 valence electrons. The van der Waals surface area contributed by atoms with Gasteiger partial charge in [-0.05, 0) is 26.0 Å². The van der Waals surface area contributed by atoms with Gasteiger partial charge in [-0.25, -0.2) is 9.97 Å². The van der Waals surface area contributed by atoms with Crippen LogP contribution in [-0.4, -0.2) is 39.6 Å². The number of aliphatic carboxylic acids is 1. The molecule has 0 radical (unpaired) electrons. The van der Waals surface area contributed by atoms with Crippen LogP contribution in [-0.2, 0) is 4.79 Å². The maximum absolute atomic E-state index is 11.0. The van der Waals surface area contributed by atoms with E-state index in [4.69, 9.17) is 5.11 Å². The fourth-order valence-corrected chi connectivity index (χ4v) is 2.18. The van der Waals surface area contributed by atoms with E-state index in [2.05, 4.69) is 15.0 Å². The Labute approximate surface area is 129 Å². The molecule has 0 amide bonds. The number of rotatable bonds is 5. The number of hydrogen-bond acceptors (Lipinski definition) is 5. The lowest BCUT2D eigenvalue weighted by atomic mass is 10.1. The number of carbonyl (C=O) groups is 1. The second-order valence-corrected chi connectivity index (χ2v) is 5.44. The molecule has 1 unspecified atom stereocenters. The van der Waals surface area contributed by atoms with Crippen molar-refractivity contribution in [2.24, 2.45) is 5.92 Å². The van der Waals surface area contributed by atoms with Crippen molar-refractivity contribution in [2.75, 3.05) is 18.5 Å². The number of nitrogens with zero attached hydrogens (tertiary/aromatic N) is 4. The molecule has 2 heterocycles. The lowest BCUT2D eigenvalue weighted by molar-refractivity contribution is -0.140. The molecule has 1 atom stereocenters. The Hall–Kier alpha value is -2.50. The molecule has 0 aliphatic carbocycles. The first-order valence-electron chi connectivity index (χ1n) is 7.09. The fourth-order valence-electron chi connectivity index (χ4n) is 2.18. The van der Waals surface area contributed by atoms with Crippen molar-refractivity contribution in [2.45, 2.75) is 20.8 Å². The van der Waals surface area contributed by atoms with Gasteiger partial charge in [0.1, 0.15) is 5.82 Å². The van der Waals surface area contributed by atoms with Gasteiger partial charge in [0.15, 0.2) is 5.82 Å². The van der Waals surface area contributed by atoms with Crippen LogP contribution in [0.15, 0.2) is 24.5 Å². The van der Waals surface area contributed by atoms with Crippen LogP contribution in [0, 0.1) is 19.8 Å². The molecular weight excluding hydrogens is 280 g/mol. The summed E-state index contributed by atoms with van der Waals surface area (Å²) in [6, 6.07) is 3.74. The van der Waals surface area contributed by atoms with Gasteiger partial charge in [-0.1, -0.05) is 6.92 Å². The molecule has 22 heavy (non-hydrogen) atoms. The van der Waals surface area contributed by atoms with Crippen molar-refractivity contribution in [3.05, 3.63) is 35.8 Å². The van der Waals surface area contributed by atoms with Crippen LogP contribution in [0.5, 0.6) is 0 Å². The van der Waals surface area contributed by atoms with Gasteiger partial charge in [-0.15, -0.1) is 0 Å². The molecule has 0 saturated heterocycles. The van der Waals surface area contributed by atoms with Crippen LogP contribution in [0.3, 0.4) is 0 Å². The largest absolute Gasteiger partial charge is 0.481 e. The van der Waals surface area contributed by atoms with Crippen LogP contribution in [0.4, 0.5) is 5.82 Å². The van der Waals surface area contributed by atoms with E-state index in [-0.39, 0.29) is 0 Å². The first kappa shape index (κ1) is 15.9. The number of hydrogen-bond donors (Lipinski definition) is 1. The highest BCUT2D eigenvalue weighted by molar-refractivity contribution is 5.70. The zero-order chi connectivity index (χ0) is 16.3. The zero-order valence-electron chi connectivity index (χ0n) is 13.2. The predicted octanol–water partition coefficient (Wildman–Crippen LogP) is 2.31. The summed E-state index contributed by atoms with van der Waals surface area (Å²) >= 11 is 0. The molecule has 2 aromatic rings. The van der Waals surface area contributed by atoms with E-state index in [1.807, 2.05) is 37.9 Å². The Bertz CT molecular complexity index is 673. The Kier molecular flexibility index (Phi) is 4.70. The smallest absolute Gasteiger partial charge is 0.308 e. The van der Waals surface area contributed by atoms with Crippen molar-refractivity contribution < 1.29 is 9.90 Å². The molecular formula is C16H20N4O2. The Morgan fingerprint density at radius 1 is 1.36 bits per heavy atom. The fraction of sp³-hybridized carbons (Fsp3) is 0.375. The third-order valence-electron chi connectivity index (χ3n) is 3.61. The molecule has 0 bridgehead atoms. The van der Waals surface area contributed by atoms with E-state index >= 15 is 0 Å². The van der Waals surface area contributed by atoms with Crippen molar-refractivity contribution in [1.82, 2.24) is 15.0 Å². The van der Waals surface area contributed by atoms with Crippen LogP contribution in [0.2, 0.25) is 0 Å².